The summed E-state index contributed by atoms with van der Waals surface area (Å²) >= 11 is 0. The predicted molar refractivity (Wildman–Crippen MR) is 206 cm³/mol. The average Bonchev–Trinajstić information content (AvgIpc) is 3.75. The molecule has 0 N–H and O–H groups in total. The van der Waals surface area contributed by atoms with E-state index >= 15 is 0 Å². The first-order chi connectivity index (χ1) is 25.1. The molecule has 5 aromatic heterocycles. The second kappa shape index (κ2) is 11.4. The summed E-state index contributed by atoms with van der Waals surface area (Å²) in [5, 5.41) is 6.11. The second-order valence-corrected chi connectivity index (χ2v) is 13.2. The van der Waals surface area contributed by atoms with E-state index in [1.54, 1.807) is 0 Å². The molecule has 5 heterocycles. The van der Waals surface area contributed by atoms with E-state index in [0.29, 0.717) is 11.5 Å². The Labute approximate surface area is 311 Å². The van der Waals surface area contributed by atoms with Crippen LogP contribution in [0.15, 0.2) is 128 Å². The smallest absolute Gasteiger partial charge is 0.497 e. The number of hydrogen-bond donors (Lipinski definition) is 0. The minimum absolute atomic E-state index is 0. The Balaban J connectivity index is 0.00000338. The van der Waals surface area contributed by atoms with Gasteiger partial charge in [-0.05, 0) is 71.6 Å². The van der Waals surface area contributed by atoms with Crippen molar-refractivity contribution in [3.8, 4) is 22.6 Å². The van der Waals surface area contributed by atoms with Crippen molar-refractivity contribution >= 4 is 76.7 Å². The zero-order valence-corrected chi connectivity index (χ0v) is 29.6. The molecule has 0 saturated carbocycles. The average molecular weight is 760 g/mol. The number of benzene rings is 6. The van der Waals surface area contributed by atoms with E-state index in [-0.39, 0.29) is 20.4 Å². The molecule has 52 heavy (non-hydrogen) atoms. The number of fused-ring (bicyclic) bond motifs is 16. The quantitative estimate of drug-likeness (QED) is 0.102. The molecule has 0 spiro atoms. The van der Waals surface area contributed by atoms with Crippen molar-refractivity contribution in [2.75, 3.05) is 0 Å². The number of aromatic nitrogens is 5. The fourth-order valence-electron chi connectivity index (χ4n) is 8.08. The number of rotatable bonds is 3. The molecule has 0 unspecified atom stereocenters. The zero-order valence-electron chi connectivity index (χ0n) is 28.1. The molecule has 11 aromatic rings. The number of para-hydroxylation sites is 5. The first kappa shape index (κ1) is 30.7. The Morgan fingerprint density at radius 1 is 0.538 bits per heavy atom. The molecule has 0 radical (unpaired) electrons. The first-order valence-corrected chi connectivity index (χ1v) is 17.0. The number of nitrogens with zero attached hydrogens (tertiary/aromatic N) is 5. The summed E-state index contributed by atoms with van der Waals surface area (Å²) in [6.45, 7) is 4.37. The van der Waals surface area contributed by atoms with Gasteiger partial charge in [0.15, 0.2) is 0 Å². The molecular weight excluding hydrogens is 733 g/mol. The maximum atomic E-state index is 6.59. The molecule has 0 amide bonds. The van der Waals surface area contributed by atoms with E-state index in [2.05, 4.69) is 113 Å². The summed E-state index contributed by atoms with van der Waals surface area (Å²) < 4.78 is 11.1. The standard InChI is InChI=1S/C45H27N5O.Pd/c1-26-9-7-10-27(2)42(26)34-12-8-11-33-31-20-18-29(24-36(31)45-48-38-14-4-6-16-40(38)50(45)43(33)34)51-28-17-19-30-32-21-22-46-25-41(32)49-39-15-5-3-13-37(39)47-44(49)35(30)23-28;/h3-22,25H,1-2H3;/q-2;+2. The molecule has 6 aromatic carbocycles. The van der Waals surface area contributed by atoms with Crippen molar-refractivity contribution in [2.45, 2.75) is 13.8 Å². The van der Waals surface area contributed by atoms with Crippen LogP contribution in [0.5, 0.6) is 11.5 Å². The Kier molecular flexibility index (Phi) is 6.75. The van der Waals surface area contributed by atoms with Crippen LogP contribution in [0, 0.1) is 26.0 Å². The summed E-state index contributed by atoms with van der Waals surface area (Å²) in [4.78, 5) is 14.7. The summed E-state index contributed by atoms with van der Waals surface area (Å²) in [5.74, 6) is 1.18. The number of imidazole rings is 2. The summed E-state index contributed by atoms with van der Waals surface area (Å²) in [6.07, 6.45) is 3.73. The fraction of sp³-hybridized carbons (Fsp3) is 0.0444. The number of pyridine rings is 3. The van der Waals surface area contributed by atoms with E-state index in [9.17, 15) is 0 Å². The molecule has 0 saturated heterocycles. The number of aryl methyl sites for hydroxylation is 2. The van der Waals surface area contributed by atoms with Crippen LogP contribution in [0.3, 0.4) is 0 Å². The molecule has 0 aliphatic rings. The minimum atomic E-state index is 0. The van der Waals surface area contributed by atoms with Gasteiger partial charge in [0.2, 0.25) is 0 Å². The van der Waals surface area contributed by atoms with Gasteiger partial charge >= 0.3 is 20.4 Å². The Bertz CT molecular complexity index is 3250. The third-order valence-electron chi connectivity index (χ3n) is 10.3. The van der Waals surface area contributed by atoms with Gasteiger partial charge in [-0.1, -0.05) is 106 Å². The van der Waals surface area contributed by atoms with E-state index in [4.69, 9.17) is 14.7 Å². The molecule has 0 aliphatic heterocycles. The van der Waals surface area contributed by atoms with Crippen LogP contribution in [0.2, 0.25) is 0 Å². The first-order valence-electron chi connectivity index (χ1n) is 17.0. The molecule has 11 rings (SSSR count). The van der Waals surface area contributed by atoms with E-state index in [0.717, 1.165) is 76.7 Å². The Hall–Kier alpha value is -6.13. The van der Waals surface area contributed by atoms with E-state index < -0.39 is 0 Å². The van der Waals surface area contributed by atoms with Gasteiger partial charge in [0, 0.05) is 35.0 Å². The monoisotopic (exact) mass is 759 g/mol. The van der Waals surface area contributed by atoms with Crippen LogP contribution in [0.1, 0.15) is 11.1 Å². The summed E-state index contributed by atoms with van der Waals surface area (Å²) in [7, 11) is 0. The topological polar surface area (TPSA) is 56.7 Å². The van der Waals surface area contributed by atoms with Crippen molar-refractivity contribution in [1.82, 2.24) is 23.8 Å². The molecule has 0 bridgehead atoms. The minimum Gasteiger partial charge on any atom is -0.497 e. The molecule has 6 nitrogen and oxygen atoms in total. The molecular formula is C45H27N5OPd. The maximum Gasteiger partial charge on any atom is 2.00 e. The Morgan fingerprint density at radius 2 is 1.13 bits per heavy atom. The van der Waals surface area contributed by atoms with Crippen LogP contribution in [0.25, 0.3) is 87.8 Å². The van der Waals surface area contributed by atoms with Crippen molar-refractivity contribution in [2.24, 2.45) is 0 Å². The SMILES string of the molecule is Cc1cccc(C)c1-c1cccc2c3ccc(Oc4[c-]c5c(cc4)c4ccncc4n4c6ccccc6nc54)[c-]c3c3nc4ccccc4n3c12.[Pd+2]. The van der Waals surface area contributed by atoms with Crippen LogP contribution < -0.4 is 4.74 Å². The zero-order chi connectivity index (χ0) is 33.8. The number of hydrogen-bond acceptors (Lipinski definition) is 4. The second-order valence-electron chi connectivity index (χ2n) is 13.2. The van der Waals surface area contributed by atoms with Crippen molar-refractivity contribution in [1.29, 1.82) is 0 Å². The maximum absolute atomic E-state index is 6.59. The van der Waals surface area contributed by atoms with Gasteiger partial charge in [-0.25, -0.2) is 0 Å². The third-order valence-corrected chi connectivity index (χ3v) is 10.3. The number of ether oxygens (including phenoxy) is 1. The van der Waals surface area contributed by atoms with E-state index in [1.165, 1.54) is 22.3 Å². The molecule has 0 aliphatic carbocycles. The molecule has 0 fully saturated rings. The van der Waals surface area contributed by atoms with Crippen LogP contribution in [0.4, 0.5) is 0 Å². The van der Waals surface area contributed by atoms with Gasteiger partial charge in [-0.3, -0.25) is 15.0 Å². The predicted octanol–water partition coefficient (Wildman–Crippen LogP) is 11.0. The van der Waals surface area contributed by atoms with Gasteiger partial charge < -0.3 is 13.5 Å². The van der Waals surface area contributed by atoms with Crippen molar-refractivity contribution in [3.05, 3.63) is 151 Å². The molecule has 7 heteroatoms. The van der Waals surface area contributed by atoms with Gasteiger partial charge in [-0.2, -0.15) is 0 Å². The molecule has 248 valence electrons. The van der Waals surface area contributed by atoms with Crippen molar-refractivity contribution in [3.63, 3.8) is 0 Å². The largest absolute Gasteiger partial charge is 2.00 e. The van der Waals surface area contributed by atoms with Crippen LogP contribution in [-0.2, 0) is 20.4 Å². The summed E-state index contributed by atoms with van der Waals surface area (Å²) in [5.41, 5.74) is 12.7. The Morgan fingerprint density at radius 3 is 1.83 bits per heavy atom. The van der Waals surface area contributed by atoms with E-state index in [1.807, 2.05) is 54.9 Å². The van der Waals surface area contributed by atoms with Crippen molar-refractivity contribution < 1.29 is 25.2 Å². The van der Waals surface area contributed by atoms with Gasteiger partial charge in [-0.15, -0.1) is 12.1 Å². The molecule has 0 atom stereocenters. The van der Waals surface area contributed by atoms with Gasteiger partial charge in [0.25, 0.3) is 0 Å². The van der Waals surface area contributed by atoms with Gasteiger partial charge in [0.05, 0.1) is 38.9 Å². The van der Waals surface area contributed by atoms with Crippen LogP contribution >= 0.6 is 0 Å². The van der Waals surface area contributed by atoms with Crippen LogP contribution in [-0.4, -0.2) is 23.8 Å². The summed E-state index contributed by atoms with van der Waals surface area (Å²) in [6, 6.07) is 47.1. The normalized spacial score (nSPS) is 11.9. The van der Waals surface area contributed by atoms with Gasteiger partial charge in [0.1, 0.15) is 0 Å². The third kappa shape index (κ3) is 4.30. The fourth-order valence-corrected chi connectivity index (χ4v) is 8.08.